The highest BCUT2D eigenvalue weighted by molar-refractivity contribution is 7.92. The summed E-state index contributed by atoms with van der Waals surface area (Å²) >= 11 is 0. The van der Waals surface area contributed by atoms with Crippen LogP contribution in [0.2, 0.25) is 0 Å². The van der Waals surface area contributed by atoms with Crippen molar-refractivity contribution in [1.29, 1.82) is 0 Å². The SMILES string of the molecule is CCOc1ccccc1S(=O)(=O)Nc1ccccc1C(=O)CC(C)C. The van der Waals surface area contributed by atoms with Gasteiger partial charge >= 0.3 is 0 Å². The first kappa shape index (κ1) is 19.0. The Balaban J connectivity index is 2.38. The van der Waals surface area contributed by atoms with Gasteiger partial charge in [0.05, 0.1) is 12.3 Å². The fraction of sp³-hybridized carbons (Fsp3) is 0.316. The molecule has 0 aliphatic heterocycles. The normalized spacial score (nSPS) is 11.4. The number of nitrogens with one attached hydrogen (secondary N) is 1. The second kappa shape index (κ2) is 8.16. The van der Waals surface area contributed by atoms with E-state index in [2.05, 4.69) is 4.72 Å². The summed E-state index contributed by atoms with van der Waals surface area (Å²) in [6.07, 6.45) is 0.355. The predicted octanol–water partition coefficient (Wildman–Crippen LogP) is 4.11. The molecule has 0 aliphatic carbocycles. The number of ether oxygens (including phenoxy) is 1. The van der Waals surface area contributed by atoms with Crippen molar-refractivity contribution in [2.45, 2.75) is 32.1 Å². The second-order valence-electron chi connectivity index (χ2n) is 6.05. The van der Waals surface area contributed by atoms with Gasteiger partial charge in [0.15, 0.2) is 5.78 Å². The number of anilines is 1. The zero-order valence-corrected chi connectivity index (χ0v) is 15.5. The third kappa shape index (κ3) is 4.82. The van der Waals surface area contributed by atoms with Crippen LogP contribution < -0.4 is 9.46 Å². The van der Waals surface area contributed by atoms with E-state index in [0.717, 1.165) is 0 Å². The van der Waals surface area contributed by atoms with Crippen molar-refractivity contribution in [2.24, 2.45) is 5.92 Å². The Labute approximate surface area is 149 Å². The third-order valence-electron chi connectivity index (χ3n) is 3.50. The van der Waals surface area contributed by atoms with E-state index in [1.165, 1.54) is 6.07 Å². The molecule has 134 valence electrons. The smallest absolute Gasteiger partial charge is 0.265 e. The van der Waals surface area contributed by atoms with Gasteiger partial charge in [0.1, 0.15) is 10.6 Å². The van der Waals surface area contributed by atoms with Crippen molar-refractivity contribution < 1.29 is 17.9 Å². The number of carbonyl (C=O) groups excluding carboxylic acids is 1. The van der Waals surface area contributed by atoms with Gasteiger partial charge in [0.2, 0.25) is 0 Å². The van der Waals surface area contributed by atoms with Crippen LogP contribution in [-0.4, -0.2) is 20.8 Å². The highest BCUT2D eigenvalue weighted by atomic mass is 32.2. The fourth-order valence-corrected chi connectivity index (χ4v) is 3.67. The molecule has 6 heteroatoms. The van der Waals surface area contributed by atoms with Crippen LogP contribution in [0, 0.1) is 5.92 Å². The number of hydrogen-bond acceptors (Lipinski definition) is 4. The summed E-state index contributed by atoms with van der Waals surface area (Å²) < 4.78 is 33.5. The van der Waals surface area contributed by atoms with Crippen LogP contribution in [0.1, 0.15) is 37.6 Å². The number of hydrogen-bond donors (Lipinski definition) is 1. The minimum atomic E-state index is -3.88. The highest BCUT2D eigenvalue weighted by Crippen LogP contribution is 2.27. The summed E-state index contributed by atoms with van der Waals surface area (Å²) in [5.74, 6) is 0.380. The van der Waals surface area contributed by atoms with Crippen LogP contribution in [0.25, 0.3) is 0 Å². The minimum Gasteiger partial charge on any atom is -0.492 e. The lowest BCUT2D eigenvalue weighted by atomic mass is 10.0. The number of rotatable bonds is 8. The van der Waals surface area contributed by atoms with E-state index in [1.54, 1.807) is 49.4 Å². The molecule has 1 N–H and O–H groups in total. The van der Waals surface area contributed by atoms with Gasteiger partial charge in [0.25, 0.3) is 10.0 Å². The summed E-state index contributed by atoms with van der Waals surface area (Å²) in [4.78, 5) is 12.5. The molecule has 0 aliphatic rings. The molecule has 0 fully saturated rings. The molecule has 0 heterocycles. The average molecular weight is 361 g/mol. The molecular weight excluding hydrogens is 338 g/mol. The first-order valence-corrected chi connectivity index (χ1v) is 9.70. The summed E-state index contributed by atoms with van der Waals surface area (Å²) in [6, 6.07) is 13.1. The van der Waals surface area contributed by atoms with Gasteiger partial charge in [-0.1, -0.05) is 38.1 Å². The van der Waals surface area contributed by atoms with Crippen molar-refractivity contribution in [3.05, 3.63) is 54.1 Å². The molecule has 0 saturated carbocycles. The molecule has 0 bridgehead atoms. The molecule has 25 heavy (non-hydrogen) atoms. The molecule has 2 rings (SSSR count). The standard InChI is InChI=1S/C19H23NO4S/c1-4-24-18-11-7-8-12-19(18)25(22,23)20-16-10-6-5-9-15(16)17(21)13-14(2)3/h5-12,14,20H,4,13H2,1-3H3. The van der Waals surface area contributed by atoms with E-state index in [0.29, 0.717) is 18.6 Å². The number of sulfonamides is 1. The molecule has 0 unspecified atom stereocenters. The Hall–Kier alpha value is -2.34. The summed E-state index contributed by atoms with van der Waals surface area (Å²) in [5, 5.41) is 0. The first-order valence-electron chi connectivity index (χ1n) is 8.22. The van der Waals surface area contributed by atoms with E-state index in [9.17, 15) is 13.2 Å². The van der Waals surface area contributed by atoms with E-state index < -0.39 is 10.0 Å². The molecule has 0 atom stereocenters. The highest BCUT2D eigenvalue weighted by Gasteiger charge is 2.22. The Morgan fingerprint density at radius 1 is 1.08 bits per heavy atom. The van der Waals surface area contributed by atoms with Crippen LogP contribution in [0.15, 0.2) is 53.4 Å². The topological polar surface area (TPSA) is 72.5 Å². The van der Waals surface area contributed by atoms with Crippen molar-refractivity contribution in [1.82, 2.24) is 0 Å². The van der Waals surface area contributed by atoms with Gasteiger partial charge in [-0.3, -0.25) is 9.52 Å². The van der Waals surface area contributed by atoms with Crippen LogP contribution in [-0.2, 0) is 10.0 Å². The maximum absolute atomic E-state index is 12.8. The Morgan fingerprint density at radius 3 is 2.40 bits per heavy atom. The molecule has 2 aromatic carbocycles. The molecular formula is C19H23NO4S. The monoisotopic (exact) mass is 361 g/mol. The van der Waals surface area contributed by atoms with E-state index in [-0.39, 0.29) is 28.0 Å². The lowest BCUT2D eigenvalue weighted by Gasteiger charge is -2.15. The predicted molar refractivity (Wildman–Crippen MR) is 98.6 cm³/mol. The quantitative estimate of drug-likeness (QED) is 0.718. The van der Waals surface area contributed by atoms with Crippen molar-refractivity contribution in [2.75, 3.05) is 11.3 Å². The van der Waals surface area contributed by atoms with Crippen molar-refractivity contribution >= 4 is 21.5 Å². The van der Waals surface area contributed by atoms with Gasteiger partial charge in [-0.15, -0.1) is 0 Å². The lowest BCUT2D eigenvalue weighted by Crippen LogP contribution is -2.17. The third-order valence-corrected chi connectivity index (χ3v) is 4.91. The fourth-order valence-electron chi connectivity index (χ4n) is 2.44. The van der Waals surface area contributed by atoms with Crippen molar-refractivity contribution in [3.8, 4) is 5.75 Å². The number of Topliss-reactive ketones (excluding diaryl/α,β-unsaturated/α-hetero) is 1. The minimum absolute atomic E-state index is 0.0444. The zero-order valence-electron chi connectivity index (χ0n) is 14.7. The van der Waals surface area contributed by atoms with Gasteiger partial charge in [0, 0.05) is 12.0 Å². The first-order chi connectivity index (χ1) is 11.8. The Morgan fingerprint density at radius 2 is 1.72 bits per heavy atom. The molecule has 0 spiro atoms. The second-order valence-corrected chi connectivity index (χ2v) is 7.70. The summed E-state index contributed by atoms with van der Waals surface area (Å²) in [6.45, 7) is 6.04. The number of benzene rings is 2. The maximum Gasteiger partial charge on any atom is 0.265 e. The number of para-hydroxylation sites is 2. The number of carbonyl (C=O) groups is 1. The van der Waals surface area contributed by atoms with E-state index in [4.69, 9.17) is 4.74 Å². The summed E-state index contributed by atoms with van der Waals surface area (Å²) in [7, 11) is -3.88. The molecule has 2 aromatic rings. The zero-order chi connectivity index (χ0) is 18.4. The van der Waals surface area contributed by atoms with Gasteiger partial charge in [-0.2, -0.15) is 0 Å². The van der Waals surface area contributed by atoms with Gasteiger partial charge < -0.3 is 4.74 Å². The van der Waals surface area contributed by atoms with E-state index >= 15 is 0 Å². The van der Waals surface area contributed by atoms with Crippen LogP contribution >= 0.6 is 0 Å². The van der Waals surface area contributed by atoms with Gasteiger partial charge in [-0.25, -0.2) is 8.42 Å². The molecule has 0 radical (unpaired) electrons. The molecule has 0 saturated heterocycles. The summed E-state index contributed by atoms with van der Waals surface area (Å²) in [5.41, 5.74) is 0.646. The molecule has 0 amide bonds. The Bertz CT molecular complexity index is 844. The lowest BCUT2D eigenvalue weighted by molar-refractivity contribution is 0.0968. The molecule has 5 nitrogen and oxygen atoms in total. The van der Waals surface area contributed by atoms with E-state index in [1.807, 2.05) is 13.8 Å². The number of ketones is 1. The largest absolute Gasteiger partial charge is 0.492 e. The maximum atomic E-state index is 12.8. The van der Waals surface area contributed by atoms with Crippen molar-refractivity contribution in [3.63, 3.8) is 0 Å². The van der Waals surface area contributed by atoms with Gasteiger partial charge in [-0.05, 0) is 37.1 Å². The van der Waals surface area contributed by atoms with Crippen LogP contribution in [0.4, 0.5) is 5.69 Å². The Kier molecular flexibility index (Phi) is 6.20. The van der Waals surface area contributed by atoms with Crippen LogP contribution in [0.5, 0.6) is 5.75 Å². The average Bonchev–Trinajstić information content (AvgIpc) is 2.55. The molecule has 0 aromatic heterocycles. The van der Waals surface area contributed by atoms with Crippen LogP contribution in [0.3, 0.4) is 0 Å².